The van der Waals surface area contributed by atoms with Crippen molar-refractivity contribution in [1.82, 2.24) is 15.4 Å². The number of hydrogen-bond acceptors (Lipinski definition) is 4. The maximum absolute atomic E-state index is 11.8. The molecule has 9 heteroatoms. The lowest BCUT2D eigenvalue weighted by atomic mass is 10.2. The van der Waals surface area contributed by atoms with Gasteiger partial charge in [-0.25, -0.2) is 13.1 Å². The summed E-state index contributed by atoms with van der Waals surface area (Å²) in [5.74, 6) is 0.665. The molecule has 3 N–H and O–H groups in total. The molecule has 1 aromatic carbocycles. The van der Waals surface area contributed by atoms with Gasteiger partial charge in [0.2, 0.25) is 10.0 Å². The highest BCUT2D eigenvalue weighted by Crippen LogP contribution is 2.11. The molecule has 2 aromatic rings. The van der Waals surface area contributed by atoms with E-state index in [9.17, 15) is 8.42 Å². The van der Waals surface area contributed by atoms with Crippen LogP contribution >= 0.6 is 35.3 Å². The van der Waals surface area contributed by atoms with Crippen LogP contribution in [-0.2, 0) is 23.1 Å². The van der Waals surface area contributed by atoms with Gasteiger partial charge in [-0.2, -0.15) is 11.3 Å². The summed E-state index contributed by atoms with van der Waals surface area (Å²) in [6.07, 6.45) is 0. The summed E-state index contributed by atoms with van der Waals surface area (Å²) >= 11 is 1.65. The number of benzene rings is 1. The first-order valence-corrected chi connectivity index (χ1v) is 9.46. The Balaban J connectivity index is 0.00000288. The molecule has 0 aliphatic rings. The van der Waals surface area contributed by atoms with Crippen molar-refractivity contribution >= 4 is 51.3 Å². The van der Waals surface area contributed by atoms with Gasteiger partial charge in [-0.3, -0.25) is 4.99 Å². The quantitative estimate of drug-likeness (QED) is 0.336. The number of thiophene rings is 1. The Bertz CT molecular complexity index is 762. The van der Waals surface area contributed by atoms with Crippen LogP contribution in [0.3, 0.4) is 0 Å². The topological polar surface area (TPSA) is 82.6 Å². The Hall–Kier alpha value is -1.17. The van der Waals surface area contributed by atoms with Crippen LogP contribution in [0.4, 0.5) is 0 Å². The number of aliphatic imine (C=N–C) groups is 1. The van der Waals surface area contributed by atoms with Crippen LogP contribution in [0, 0.1) is 0 Å². The first-order valence-electron chi connectivity index (χ1n) is 7.03. The van der Waals surface area contributed by atoms with Crippen molar-refractivity contribution in [2.24, 2.45) is 4.99 Å². The van der Waals surface area contributed by atoms with Gasteiger partial charge in [0.1, 0.15) is 0 Å². The van der Waals surface area contributed by atoms with Gasteiger partial charge in [-0.05, 0) is 47.1 Å². The van der Waals surface area contributed by atoms with E-state index in [2.05, 4.69) is 31.8 Å². The largest absolute Gasteiger partial charge is 0.352 e. The van der Waals surface area contributed by atoms with Crippen molar-refractivity contribution in [3.63, 3.8) is 0 Å². The van der Waals surface area contributed by atoms with Gasteiger partial charge >= 0.3 is 0 Å². The second-order valence-electron chi connectivity index (χ2n) is 4.77. The molecule has 0 fully saturated rings. The maximum Gasteiger partial charge on any atom is 0.240 e. The highest BCUT2D eigenvalue weighted by molar-refractivity contribution is 14.0. The molecule has 0 amide bonds. The standard InChI is InChI=1S/C15H20N4O2S2.HI/c1-16-15(19-10-13-6-7-22-11-13)18-9-12-4-3-5-14(8-12)23(20,21)17-2;/h3-8,11,17H,9-10H2,1-2H3,(H2,16,18,19);1H. The van der Waals surface area contributed by atoms with E-state index >= 15 is 0 Å². The van der Waals surface area contributed by atoms with Gasteiger partial charge in [-0.1, -0.05) is 12.1 Å². The van der Waals surface area contributed by atoms with Gasteiger partial charge in [0.25, 0.3) is 0 Å². The fourth-order valence-corrected chi connectivity index (χ4v) is 3.39. The second-order valence-corrected chi connectivity index (χ2v) is 7.43. The summed E-state index contributed by atoms with van der Waals surface area (Å²) in [5, 5.41) is 10.5. The third kappa shape index (κ3) is 6.04. The molecule has 0 radical (unpaired) electrons. The predicted octanol–water partition coefficient (Wildman–Crippen LogP) is 2.14. The molecular formula is C15H21IN4O2S2. The molecule has 0 aliphatic carbocycles. The van der Waals surface area contributed by atoms with E-state index < -0.39 is 10.0 Å². The van der Waals surface area contributed by atoms with E-state index in [0.717, 1.165) is 5.56 Å². The number of hydrogen-bond donors (Lipinski definition) is 3. The zero-order chi connectivity index (χ0) is 16.7. The van der Waals surface area contributed by atoms with E-state index in [1.165, 1.54) is 12.6 Å². The highest BCUT2D eigenvalue weighted by Gasteiger charge is 2.11. The molecule has 1 aromatic heterocycles. The maximum atomic E-state index is 11.8. The fraction of sp³-hybridized carbons (Fsp3) is 0.267. The van der Waals surface area contributed by atoms with Crippen LogP contribution in [0.1, 0.15) is 11.1 Å². The molecule has 0 spiro atoms. The molecule has 0 atom stereocenters. The summed E-state index contributed by atoms with van der Waals surface area (Å²) in [6.45, 7) is 1.17. The number of nitrogens with one attached hydrogen (secondary N) is 3. The summed E-state index contributed by atoms with van der Waals surface area (Å²) in [7, 11) is -0.329. The van der Waals surface area contributed by atoms with Crippen molar-refractivity contribution < 1.29 is 8.42 Å². The average molecular weight is 480 g/mol. The number of halogens is 1. The van der Waals surface area contributed by atoms with Crippen LogP contribution in [-0.4, -0.2) is 28.5 Å². The zero-order valence-electron chi connectivity index (χ0n) is 13.4. The van der Waals surface area contributed by atoms with E-state index in [0.29, 0.717) is 19.0 Å². The van der Waals surface area contributed by atoms with E-state index in [4.69, 9.17) is 0 Å². The minimum absolute atomic E-state index is 0. The summed E-state index contributed by atoms with van der Waals surface area (Å²) < 4.78 is 25.9. The van der Waals surface area contributed by atoms with E-state index in [-0.39, 0.29) is 28.9 Å². The highest BCUT2D eigenvalue weighted by atomic mass is 127. The molecule has 0 saturated heterocycles. The Morgan fingerprint density at radius 2 is 1.88 bits per heavy atom. The lowest BCUT2D eigenvalue weighted by molar-refractivity contribution is 0.588. The van der Waals surface area contributed by atoms with Gasteiger partial charge in [0.05, 0.1) is 4.90 Å². The Morgan fingerprint density at radius 1 is 1.17 bits per heavy atom. The fourth-order valence-electron chi connectivity index (χ4n) is 1.93. The van der Waals surface area contributed by atoms with Crippen LogP contribution in [0.15, 0.2) is 51.0 Å². The monoisotopic (exact) mass is 480 g/mol. The van der Waals surface area contributed by atoms with Crippen LogP contribution < -0.4 is 15.4 Å². The minimum Gasteiger partial charge on any atom is -0.352 e. The summed E-state index contributed by atoms with van der Waals surface area (Å²) in [5.41, 5.74) is 2.06. The molecule has 6 nitrogen and oxygen atoms in total. The molecule has 0 bridgehead atoms. The molecule has 0 unspecified atom stereocenters. The third-order valence-corrected chi connectivity index (χ3v) is 5.35. The van der Waals surface area contributed by atoms with Crippen LogP contribution in [0.5, 0.6) is 0 Å². The lowest BCUT2D eigenvalue weighted by Crippen LogP contribution is -2.36. The molecule has 1 heterocycles. The van der Waals surface area contributed by atoms with Gasteiger partial charge in [-0.15, -0.1) is 24.0 Å². The van der Waals surface area contributed by atoms with Crippen LogP contribution in [0.25, 0.3) is 0 Å². The van der Waals surface area contributed by atoms with Gasteiger partial charge in [0.15, 0.2) is 5.96 Å². The first-order chi connectivity index (χ1) is 11.0. The van der Waals surface area contributed by atoms with Crippen molar-refractivity contribution in [3.05, 3.63) is 52.2 Å². The van der Waals surface area contributed by atoms with Gasteiger partial charge < -0.3 is 10.6 Å². The smallest absolute Gasteiger partial charge is 0.240 e. The van der Waals surface area contributed by atoms with Gasteiger partial charge in [0, 0.05) is 20.1 Å². The van der Waals surface area contributed by atoms with Crippen molar-refractivity contribution in [3.8, 4) is 0 Å². The van der Waals surface area contributed by atoms with E-state index in [1.54, 1.807) is 36.6 Å². The average Bonchev–Trinajstić information content (AvgIpc) is 3.09. The Kier molecular flexibility index (Phi) is 8.67. The number of nitrogens with zero attached hydrogens (tertiary/aromatic N) is 1. The third-order valence-electron chi connectivity index (χ3n) is 3.20. The molecule has 0 aliphatic heterocycles. The SMILES string of the molecule is CN=C(NCc1ccsc1)NCc1cccc(S(=O)(=O)NC)c1.I. The predicted molar refractivity (Wildman–Crippen MR) is 109 cm³/mol. The van der Waals surface area contributed by atoms with Crippen molar-refractivity contribution in [1.29, 1.82) is 0 Å². The molecule has 2 rings (SSSR count). The van der Waals surface area contributed by atoms with Crippen LogP contribution in [0.2, 0.25) is 0 Å². The normalized spacial score (nSPS) is 11.7. The van der Waals surface area contributed by atoms with Crippen molar-refractivity contribution in [2.75, 3.05) is 14.1 Å². The van der Waals surface area contributed by atoms with E-state index in [1.807, 2.05) is 11.4 Å². The number of rotatable bonds is 6. The summed E-state index contributed by atoms with van der Waals surface area (Å²) in [4.78, 5) is 4.41. The Morgan fingerprint density at radius 3 is 2.46 bits per heavy atom. The minimum atomic E-state index is -3.43. The molecule has 0 saturated carbocycles. The van der Waals surface area contributed by atoms with Crippen molar-refractivity contribution in [2.45, 2.75) is 18.0 Å². The Labute approximate surface area is 163 Å². The molecular weight excluding hydrogens is 459 g/mol. The lowest BCUT2D eigenvalue weighted by Gasteiger charge is -2.12. The summed E-state index contributed by atoms with van der Waals surface area (Å²) in [6, 6.07) is 8.86. The number of sulfonamides is 1. The number of guanidine groups is 1. The molecule has 24 heavy (non-hydrogen) atoms. The second kappa shape index (κ2) is 9.97. The first kappa shape index (κ1) is 20.9. The zero-order valence-corrected chi connectivity index (χ0v) is 17.4. The molecule has 132 valence electrons.